The smallest absolute Gasteiger partial charge is 0.224 e. The SMILES string of the molecule is COc1ccc(/C=C/c2onc(C)c2NC(=O)CCc2nc3ccccc3[nH]2)cc1. The summed E-state index contributed by atoms with van der Waals surface area (Å²) in [4.78, 5) is 20.2. The average Bonchev–Trinajstić information content (AvgIpc) is 3.34. The van der Waals surface area contributed by atoms with Crippen molar-refractivity contribution in [2.24, 2.45) is 0 Å². The Hall–Kier alpha value is -3.87. The van der Waals surface area contributed by atoms with Crippen molar-refractivity contribution in [1.82, 2.24) is 15.1 Å². The third-order valence-corrected chi connectivity index (χ3v) is 4.72. The van der Waals surface area contributed by atoms with Gasteiger partial charge in [0, 0.05) is 12.8 Å². The van der Waals surface area contributed by atoms with E-state index < -0.39 is 0 Å². The molecule has 0 fully saturated rings. The van der Waals surface area contributed by atoms with Gasteiger partial charge in [0.2, 0.25) is 5.91 Å². The minimum absolute atomic E-state index is 0.124. The second-order valence-corrected chi connectivity index (χ2v) is 6.86. The van der Waals surface area contributed by atoms with Crippen molar-refractivity contribution >= 4 is 34.8 Å². The lowest BCUT2D eigenvalue weighted by Gasteiger charge is -2.03. The molecule has 2 N–H and O–H groups in total. The maximum atomic E-state index is 12.5. The third-order valence-electron chi connectivity index (χ3n) is 4.72. The summed E-state index contributed by atoms with van der Waals surface area (Å²) >= 11 is 0. The summed E-state index contributed by atoms with van der Waals surface area (Å²) in [5, 5.41) is 6.89. The Kier molecular flexibility index (Phi) is 5.61. The van der Waals surface area contributed by atoms with Gasteiger partial charge in [-0.25, -0.2) is 4.98 Å². The normalized spacial score (nSPS) is 11.3. The molecular formula is C23H22N4O3. The number of rotatable bonds is 7. The number of methoxy groups -OCH3 is 1. The minimum atomic E-state index is -0.124. The lowest BCUT2D eigenvalue weighted by Crippen LogP contribution is -2.13. The molecule has 0 unspecified atom stereocenters. The molecule has 0 saturated carbocycles. The number of hydrogen-bond acceptors (Lipinski definition) is 5. The zero-order valence-electron chi connectivity index (χ0n) is 16.8. The van der Waals surface area contributed by atoms with E-state index in [2.05, 4.69) is 20.4 Å². The predicted octanol–water partition coefficient (Wildman–Crippen LogP) is 4.61. The first-order valence-electron chi connectivity index (χ1n) is 9.64. The van der Waals surface area contributed by atoms with Gasteiger partial charge in [0.25, 0.3) is 0 Å². The van der Waals surface area contributed by atoms with Crippen LogP contribution < -0.4 is 10.1 Å². The van der Waals surface area contributed by atoms with Crippen LogP contribution in [0.3, 0.4) is 0 Å². The van der Waals surface area contributed by atoms with Gasteiger partial charge < -0.3 is 19.6 Å². The molecule has 0 aliphatic heterocycles. The maximum absolute atomic E-state index is 12.5. The fourth-order valence-electron chi connectivity index (χ4n) is 3.10. The van der Waals surface area contributed by atoms with Crippen LogP contribution in [-0.2, 0) is 11.2 Å². The molecule has 152 valence electrons. The largest absolute Gasteiger partial charge is 0.497 e. The number of aryl methyl sites for hydroxylation is 2. The highest BCUT2D eigenvalue weighted by molar-refractivity contribution is 5.93. The first-order valence-corrected chi connectivity index (χ1v) is 9.64. The van der Waals surface area contributed by atoms with Crippen LogP contribution >= 0.6 is 0 Å². The number of hydrogen-bond donors (Lipinski definition) is 2. The summed E-state index contributed by atoms with van der Waals surface area (Å²) in [7, 11) is 1.63. The number of anilines is 1. The van der Waals surface area contributed by atoms with E-state index in [0.29, 0.717) is 30.0 Å². The molecule has 0 radical (unpaired) electrons. The Bertz CT molecular complexity index is 1160. The molecule has 0 atom stereocenters. The van der Waals surface area contributed by atoms with Crippen LogP contribution in [0.1, 0.15) is 29.3 Å². The van der Waals surface area contributed by atoms with Gasteiger partial charge in [-0.2, -0.15) is 0 Å². The van der Waals surface area contributed by atoms with E-state index in [1.165, 1.54) is 0 Å². The summed E-state index contributed by atoms with van der Waals surface area (Å²) in [5.74, 6) is 1.95. The van der Waals surface area contributed by atoms with Crippen LogP contribution in [0.2, 0.25) is 0 Å². The molecule has 0 saturated heterocycles. The number of ether oxygens (including phenoxy) is 1. The van der Waals surface area contributed by atoms with Crippen molar-refractivity contribution in [3.63, 3.8) is 0 Å². The number of benzene rings is 2. The summed E-state index contributed by atoms with van der Waals surface area (Å²) in [6.45, 7) is 1.79. The molecule has 2 aromatic carbocycles. The average molecular weight is 402 g/mol. The molecule has 0 aliphatic carbocycles. The number of H-pyrrole nitrogens is 1. The van der Waals surface area contributed by atoms with Crippen molar-refractivity contribution in [1.29, 1.82) is 0 Å². The van der Waals surface area contributed by atoms with Crippen LogP contribution in [0.5, 0.6) is 5.75 Å². The highest BCUT2D eigenvalue weighted by Crippen LogP contribution is 2.23. The van der Waals surface area contributed by atoms with E-state index in [-0.39, 0.29) is 5.91 Å². The van der Waals surface area contributed by atoms with Gasteiger partial charge >= 0.3 is 0 Å². The number of carbonyl (C=O) groups is 1. The van der Waals surface area contributed by atoms with E-state index in [1.54, 1.807) is 20.1 Å². The van der Waals surface area contributed by atoms with Gasteiger partial charge in [-0.15, -0.1) is 0 Å². The molecule has 0 spiro atoms. The Labute approximate surface area is 173 Å². The lowest BCUT2D eigenvalue weighted by atomic mass is 10.2. The van der Waals surface area contributed by atoms with Crippen molar-refractivity contribution < 1.29 is 14.1 Å². The quantitative estimate of drug-likeness (QED) is 0.471. The molecular weight excluding hydrogens is 380 g/mol. The van der Waals surface area contributed by atoms with Crippen LogP contribution in [0.15, 0.2) is 53.1 Å². The number of amides is 1. The van der Waals surface area contributed by atoms with Crippen molar-refractivity contribution in [2.45, 2.75) is 19.8 Å². The van der Waals surface area contributed by atoms with Crippen LogP contribution in [0.4, 0.5) is 5.69 Å². The van der Waals surface area contributed by atoms with E-state index in [1.807, 2.05) is 54.6 Å². The molecule has 7 heteroatoms. The van der Waals surface area contributed by atoms with Crippen LogP contribution in [0, 0.1) is 6.92 Å². The zero-order chi connectivity index (χ0) is 20.9. The topological polar surface area (TPSA) is 93.0 Å². The monoisotopic (exact) mass is 402 g/mol. The number of nitrogens with one attached hydrogen (secondary N) is 2. The number of aromatic amines is 1. The number of aromatic nitrogens is 3. The summed E-state index contributed by atoms with van der Waals surface area (Å²) in [6.07, 6.45) is 4.49. The Morgan fingerprint density at radius 2 is 1.97 bits per heavy atom. The van der Waals surface area contributed by atoms with Gasteiger partial charge in [-0.05, 0) is 42.8 Å². The number of nitrogens with zero attached hydrogens (tertiary/aromatic N) is 2. The predicted molar refractivity (Wildman–Crippen MR) is 116 cm³/mol. The molecule has 7 nitrogen and oxygen atoms in total. The molecule has 30 heavy (non-hydrogen) atoms. The van der Waals surface area contributed by atoms with Crippen LogP contribution in [-0.4, -0.2) is 28.1 Å². The van der Waals surface area contributed by atoms with Crippen molar-refractivity contribution in [2.75, 3.05) is 12.4 Å². The van der Waals surface area contributed by atoms with E-state index in [9.17, 15) is 4.79 Å². The maximum Gasteiger partial charge on any atom is 0.224 e. The van der Waals surface area contributed by atoms with E-state index >= 15 is 0 Å². The Morgan fingerprint density at radius 1 is 1.17 bits per heavy atom. The van der Waals surface area contributed by atoms with Crippen LogP contribution in [0.25, 0.3) is 23.2 Å². The second kappa shape index (κ2) is 8.65. The van der Waals surface area contributed by atoms with Gasteiger partial charge in [0.05, 0.1) is 18.1 Å². The molecule has 2 heterocycles. The fraction of sp³-hybridized carbons (Fsp3) is 0.174. The molecule has 0 aliphatic rings. The molecule has 4 rings (SSSR count). The lowest BCUT2D eigenvalue weighted by molar-refractivity contribution is -0.116. The molecule has 4 aromatic rings. The first-order chi connectivity index (χ1) is 14.6. The Morgan fingerprint density at radius 3 is 2.73 bits per heavy atom. The summed E-state index contributed by atoms with van der Waals surface area (Å²) < 4.78 is 10.5. The fourth-order valence-corrected chi connectivity index (χ4v) is 3.10. The minimum Gasteiger partial charge on any atom is -0.497 e. The molecule has 0 bridgehead atoms. The molecule has 1 amide bonds. The number of imidazole rings is 1. The Balaban J connectivity index is 1.40. The first kappa shape index (κ1) is 19.4. The van der Waals surface area contributed by atoms with Crippen molar-refractivity contribution in [3.05, 3.63) is 71.4 Å². The van der Waals surface area contributed by atoms with E-state index in [4.69, 9.17) is 9.26 Å². The summed E-state index contributed by atoms with van der Waals surface area (Å²) in [6, 6.07) is 15.4. The van der Waals surface area contributed by atoms with Gasteiger partial charge in [-0.3, -0.25) is 4.79 Å². The number of fused-ring (bicyclic) bond motifs is 1. The standard InChI is InChI=1S/C23H22N4O3/c1-15-23(20(30-27-15)12-9-16-7-10-17(29-2)11-8-16)26-22(28)14-13-21-24-18-5-3-4-6-19(18)25-21/h3-12H,13-14H2,1-2H3,(H,24,25)(H,26,28)/b12-9+. The summed E-state index contributed by atoms with van der Waals surface area (Å²) in [5.41, 5.74) is 4.05. The van der Waals surface area contributed by atoms with Gasteiger partial charge in [-0.1, -0.05) is 35.5 Å². The highest BCUT2D eigenvalue weighted by atomic mass is 16.5. The zero-order valence-corrected chi connectivity index (χ0v) is 16.8. The van der Waals surface area contributed by atoms with Gasteiger partial charge in [0.1, 0.15) is 23.0 Å². The number of carbonyl (C=O) groups excluding carboxylic acids is 1. The molecule has 2 aromatic heterocycles. The highest BCUT2D eigenvalue weighted by Gasteiger charge is 2.14. The van der Waals surface area contributed by atoms with Gasteiger partial charge in [0.15, 0.2) is 5.76 Å². The number of para-hydroxylation sites is 2. The second-order valence-electron chi connectivity index (χ2n) is 6.86. The van der Waals surface area contributed by atoms with Crippen molar-refractivity contribution in [3.8, 4) is 5.75 Å². The third kappa shape index (κ3) is 4.41. The van der Waals surface area contributed by atoms with E-state index in [0.717, 1.165) is 28.2 Å².